The van der Waals surface area contributed by atoms with Gasteiger partial charge in [0.15, 0.2) is 6.61 Å². The van der Waals surface area contributed by atoms with Crippen molar-refractivity contribution in [1.29, 1.82) is 0 Å². The first-order valence-electron chi connectivity index (χ1n) is 9.07. The SMILES string of the molecule is CCc1nc2ccc(Br)cc2c(=O)n1N=Cc1cc([N+](=O)[O-])ccc1OCC(=O)OC. The molecule has 3 aromatic rings. The molecular weight excluding hydrogens is 472 g/mol. The average molecular weight is 489 g/mol. The van der Waals surface area contributed by atoms with Crippen LogP contribution in [0, 0.1) is 10.1 Å². The second kappa shape index (κ2) is 9.47. The molecule has 0 unspecified atom stereocenters. The van der Waals surface area contributed by atoms with Crippen LogP contribution in [0.4, 0.5) is 5.69 Å². The Bertz CT molecular complexity index is 1250. The van der Waals surface area contributed by atoms with Crippen molar-refractivity contribution in [3.8, 4) is 5.75 Å². The molecular formula is C20H17BrN4O6. The van der Waals surface area contributed by atoms with Gasteiger partial charge in [0, 0.05) is 28.6 Å². The third-order valence-corrected chi connectivity index (χ3v) is 4.77. The number of benzene rings is 2. The van der Waals surface area contributed by atoms with Crippen LogP contribution in [0.15, 0.2) is 50.8 Å². The molecule has 0 fully saturated rings. The largest absolute Gasteiger partial charge is 0.481 e. The van der Waals surface area contributed by atoms with Gasteiger partial charge in [-0.3, -0.25) is 14.9 Å². The topological polar surface area (TPSA) is 126 Å². The summed E-state index contributed by atoms with van der Waals surface area (Å²) in [5, 5.41) is 15.7. The summed E-state index contributed by atoms with van der Waals surface area (Å²) >= 11 is 3.34. The molecule has 1 heterocycles. The number of carbonyl (C=O) groups is 1. The molecule has 0 saturated heterocycles. The summed E-state index contributed by atoms with van der Waals surface area (Å²) in [4.78, 5) is 39.4. The third-order valence-electron chi connectivity index (χ3n) is 4.28. The van der Waals surface area contributed by atoms with Crippen LogP contribution in [0.1, 0.15) is 18.3 Å². The molecule has 0 bridgehead atoms. The Hall–Kier alpha value is -3.60. The van der Waals surface area contributed by atoms with Crippen LogP contribution in [0.25, 0.3) is 10.9 Å². The molecule has 160 valence electrons. The second-order valence-electron chi connectivity index (χ2n) is 6.25. The quantitative estimate of drug-likeness (QED) is 0.216. The fourth-order valence-electron chi connectivity index (χ4n) is 2.74. The van der Waals surface area contributed by atoms with Crippen LogP contribution in [0.2, 0.25) is 0 Å². The van der Waals surface area contributed by atoms with E-state index in [1.165, 1.54) is 31.5 Å². The van der Waals surface area contributed by atoms with E-state index in [1.807, 2.05) is 6.92 Å². The molecule has 10 nitrogen and oxygen atoms in total. The molecule has 11 heteroatoms. The summed E-state index contributed by atoms with van der Waals surface area (Å²) in [5.74, 6) is -0.0316. The van der Waals surface area contributed by atoms with Crippen molar-refractivity contribution in [2.75, 3.05) is 13.7 Å². The fraction of sp³-hybridized carbons (Fsp3) is 0.200. The summed E-state index contributed by atoms with van der Waals surface area (Å²) in [6, 6.07) is 8.99. The molecule has 0 atom stereocenters. The number of hydrogen-bond acceptors (Lipinski definition) is 8. The van der Waals surface area contributed by atoms with E-state index in [4.69, 9.17) is 4.74 Å². The highest BCUT2D eigenvalue weighted by atomic mass is 79.9. The van der Waals surface area contributed by atoms with Gasteiger partial charge in [0.1, 0.15) is 11.6 Å². The van der Waals surface area contributed by atoms with Gasteiger partial charge in [-0.25, -0.2) is 9.78 Å². The van der Waals surface area contributed by atoms with Crippen LogP contribution in [-0.4, -0.2) is 40.5 Å². The standard InChI is InChI=1S/C20H17BrN4O6/c1-3-18-23-16-6-4-13(21)9-15(16)20(27)24(18)22-10-12-8-14(25(28)29)5-7-17(12)31-11-19(26)30-2/h4-10H,3,11H2,1-2H3. The Morgan fingerprint density at radius 2 is 2.10 bits per heavy atom. The number of nitro groups is 1. The lowest BCUT2D eigenvalue weighted by molar-refractivity contribution is -0.384. The van der Waals surface area contributed by atoms with E-state index in [2.05, 4.69) is 30.8 Å². The predicted octanol–water partition coefficient (Wildman–Crippen LogP) is 3.06. The Morgan fingerprint density at radius 1 is 1.32 bits per heavy atom. The minimum absolute atomic E-state index is 0.169. The maximum Gasteiger partial charge on any atom is 0.343 e. The lowest BCUT2D eigenvalue weighted by Crippen LogP contribution is -2.22. The monoisotopic (exact) mass is 488 g/mol. The maximum absolute atomic E-state index is 13.0. The summed E-state index contributed by atoms with van der Waals surface area (Å²) in [6.07, 6.45) is 1.69. The van der Waals surface area contributed by atoms with Gasteiger partial charge in [0.25, 0.3) is 11.2 Å². The molecule has 0 saturated carbocycles. The number of fused-ring (bicyclic) bond motifs is 1. The summed E-state index contributed by atoms with van der Waals surface area (Å²) in [6.45, 7) is 1.44. The van der Waals surface area contributed by atoms with Gasteiger partial charge in [-0.15, -0.1) is 0 Å². The van der Waals surface area contributed by atoms with E-state index in [-0.39, 0.29) is 29.2 Å². The highest BCUT2D eigenvalue weighted by Crippen LogP contribution is 2.23. The summed E-state index contributed by atoms with van der Waals surface area (Å²) < 4.78 is 11.8. The highest BCUT2D eigenvalue weighted by Gasteiger charge is 2.14. The van der Waals surface area contributed by atoms with Gasteiger partial charge in [0.05, 0.1) is 29.2 Å². The van der Waals surface area contributed by atoms with E-state index in [1.54, 1.807) is 18.2 Å². The smallest absolute Gasteiger partial charge is 0.343 e. The molecule has 31 heavy (non-hydrogen) atoms. The van der Waals surface area contributed by atoms with E-state index in [9.17, 15) is 19.7 Å². The van der Waals surface area contributed by atoms with Crippen LogP contribution in [-0.2, 0) is 16.0 Å². The van der Waals surface area contributed by atoms with Crippen molar-refractivity contribution in [1.82, 2.24) is 9.66 Å². The van der Waals surface area contributed by atoms with E-state index in [0.717, 1.165) is 9.15 Å². The Balaban J connectivity index is 2.09. The van der Waals surface area contributed by atoms with Crippen LogP contribution in [0.3, 0.4) is 0 Å². The Labute approximate surface area is 184 Å². The lowest BCUT2D eigenvalue weighted by Gasteiger charge is -2.09. The first kappa shape index (κ1) is 22.1. The predicted molar refractivity (Wildman–Crippen MR) is 117 cm³/mol. The number of carbonyl (C=O) groups excluding carboxylic acids is 1. The molecule has 0 spiro atoms. The molecule has 2 aromatic carbocycles. The van der Waals surface area contributed by atoms with Crippen LogP contribution >= 0.6 is 15.9 Å². The number of aromatic nitrogens is 2. The molecule has 3 rings (SSSR count). The second-order valence-corrected chi connectivity index (χ2v) is 7.16. The summed E-state index contributed by atoms with van der Waals surface area (Å²) in [5.41, 5.74) is 0.160. The zero-order valence-electron chi connectivity index (χ0n) is 16.6. The number of nitro benzene ring substituents is 1. The van der Waals surface area contributed by atoms with Gasteiger partial charge in [0.2, 0.25) is 0 Å². The molecule has 0 radical (unpaired) electrons. The zero-order chi connectivity index (χ0) is 22.5. The molecule has 0 aliphatic heterocycles. The van der Waals surface area contributed by atoms with Gasteiger partial charge in [-0.2, -0.15) is 9.78 Å². The normalized spacial score (nSPS) is 11.1. The maximum atomic E-state index is 13.0. The van der Waals surface area contributed by atoms with Crippen molar-refractivity contribution in [3.63, 3.8) is 0 Å². The lowest BCUT2D eigenvalue weighted by atomic mass is 10.2. The van der Waals surface area contributed by atoms with Gasteiger partial charge >= 0.3 is 5.97 Å². The zero-order valence-corrected chi connectivity index (χ0v) is 18.2. The van der Waals surface area contributed by atoms with E-state index in [0.29, 0.717) is 23.1 Å². The number of ether oxygens (including phenoxy) is 2. The number of halogens is 1. The molecule has 0 aliphatic rings. The first-order chi connectivity index (χ1) is 14.8. The first-order valence-corrected chi connectivity index (χ1v) is 9.87. The van der Waals surface area contributed by atoms with Crippen molar-refractivity contribution >= 4 is 44.7 Å². The highest BCUT2D eigenvalue weighted by molar-refractivity contribution is 9.10. The summed E-state index contributed by atoms with van der Waals surface area (Å²) in [7, 11) is 1.22. The van der Waals surface area contributed by atoms with Gasteiger partial charge in [-0.05, 0) is 24.3 Å². The van der Waals surface area contributed by atoms with Crippen molar-refractivity contribution in [3.05, 3.63) is 72.7 Å². The van der Waals surface area contributed by atoms with Gasteiger partial charge < -0.3 is 9.47 Å². The third kappa shape index (κ3) is 4.94. The Kier molecular flexibility index (Phi) is 6.75. The van der Waals surface area contributed by atoms with Crippen molar-refractivity contribution < 1.29 is 19.2 Å². The molecule has 1 aromatic heterocycles. The number of esters is 1. The minimum Gasteiger partial charge on any atom is -0.481 e. The van der Waals surface area contributed by atoms with Crippen molar-refractivity contribution in [2.24, 2.45) is 5.10 Å². The number of aryl methyl sites for hydroxylation is 1. The fourth-order valence-corrected chi connectivity index (χ4v) is 3.10. The number of methoxy groups -OCH3 is 1. The number of hydrogen-bond donors (Lipinski definition) is 0. The van der Waals surface area contributed by atoms with Crippen molar-refractivity contribution in [2.45, 2.75) is 13.3 Å². The number of nitrogens with zero attached hydrogens (tertiary/aromatic N) is 4. The van der Waals surface area contributed by atoms with Crippen LogP contribution < -0.4 is 10.3 Å². The Morgan fingerprint density at radius 3 is 2.77 bits per heavy atom. The van der Waals surface area contributed by atoms with Gasteiger partial charge in [-0.1, -0.05) is 22.9 Å². The molecule has 0 amide bonds. The minimum atomic E-state index is -0.616. The molecule has 0 N–H and O–H groups in total. The van der Waals surface area contributed by atoms with E-state index >= 15 is 0 Å². The molecule has 0 aliphatic carbocycles. The number of rotatable bonds is 7. The average Bonchev–Trinajstić information content (AvgIpc) is 2.77. The van der Waals surface area contributed by atoms with Crippen LogP contribution in [0.5, 0.6) is 5.75 Å². The number of non-ortho nitro benzene ring substituents is 1. The van der Waals surface area contributed by atoms with E-state index < -0.39 is 10.9 Å².